The van der Waals surface area contributed by atoms with Gasteiger partial charge in [-0.2, -0.15) is 0 Å². The van der Waals surface area contributed by atoms with Gasteiger partial charge in [0, 0.05) is 0 Å². The minimum Gasteiger partial charge on any atom is -0.493 e. The van der Waals surface area contributed by atoms with Crippen LogP contribution in [-0.2, 0) is 9.47 Å². The van der Waals surface area contributed by atoms with Gasteiger partial charge in [-0.1, -0.05) is 12.1 Å². The van der Waals surface area contributed by atoms with E-state index in [1.54, 1.807) is 24.3 Å². The van der Waals surface area contributed by atoms with E-state index in [0.717, 1.165) is 0 Å². The monoisotopic (exact) mass is 599 g/mol. The smallest absolute Gasteiger partial charge is 0.245 e. The van der Waals surface area contributed by atoms with E-state index in [4.69, 9.17) is 34.2 Å². The minimum absolute atomic E-state index is 0.0678. The molecule has 4 rings (SSSR count). The Morgan fingerprint density at radius 1 is 0.714 bits per heavy atom. The second kappa shape index (κ2) is 12.4. The van der Waals surface area contributed by atoms with Gasteiger partial charge in [-0.25, -0.2) is 0 Å². The molecule has 42 heavy (non-hydrogen) atoms. The molecule has 0 spiro atoms. The Kier molecular flexibility index (Phi) is 9.51. The van der Waals surface area contributed by atoms with Crippen LogP contribution in [0.3, 0.4) is 0 Å². The third-order valence-electron chi connectivity index (χ3n) is 7.42. The van der Waals surface area contributed by atoms with E-state index in [2.05, 4.69) is 0 Å². The fourth-order valence-corrected chi connectivity index (χ4v) is 4.72. The summed E-state index contributed by atoms with van der Waals surface area (Å²) in [6, 6.07) is 9.53. The number of nitrogens with two attached hydrogens (primary N) is 1. The summed E-state index contributed by atoms with van der Waals surface area (Å²) in [5.74, 6) is 0.605. The van der Waals surface area contributed by atoms with Crippen LogP contribution in [0.25, 0.3) is 11.1 Å². The first-order valence-electron chi connectivity index (χ1n) is 13.0. The number of rotatable bonds is 9. The molecule has 2 aromatic rings. The zero-order valence-electron chi connectivity index (χ0n) is 23.1. The van der Waals surface area contributed by atoms with E-state index in [1.807, 2.05) is 0 Å². The number of hydrogen-bond donors (Lipinski definition) is 9. The van der Waals surface area contributed by atoms with E-state index in [-0.39, 0.29) is 23.0 Å². The summed E-state index contributed by atoms with van der Waals surface area (Å²) in [6.45, 7) is -0.0545. The van der Waals surface area contributed by atoms with Gasteiger partial charge >= 0.3 is 0 Å². The van der Waals surface area contributed by atoms with Gasteiger partial charge in [0.1, 0.15) is 36.6 Å². The van der Waals surface area contributed by atoms with Crippen LogP contribution in [0.5, 0.6) is 23.0 Å². The topological polar surface area (TPSA) is 243 Å². The second-order valence-electron chi connectivity index (χ2n) is 10.3. The molecule has 0 bridgehead atoms. The first kappa shape index (κ1) is 32.1. The lowest BCUT2D eigenvalue weighted by Gasteiger charge is -2.45. The molecule has 2 aromatic carbocycles. The Balaban J connectivity index is 1.57. The maximum Gasteiger partial charge on any atom is 0.245 e. The average molecular weight is 600 g/mol. The molecular formula is C27H37NO14. The lowest BCUT2D eigenvalue weighted by atomic mass is 9.88. The molecule has 2 fully saturated rings. The van der Waals surface area contributed by atoms with Crippen molar-refractivity contribution < 1.29 is 69.3 Å². The summed E-state index contributed by atoms with van der Waals surface area (Å²) in [5.41, 5.74) is 2.46. The van der Waals surface area contributed by atoms with Crippen LogP contribution in [0.4, 0.5) is 0 Å². The summed E-state index contributed by atoms with van der Waals surface area (Å²) in [5, 5.41) is 80.9. The first-order valence-corrected chi connectivity index (χ1v) is 13.0. The van der Waals surface area contributed by atoms with Crippen molar-refractivity contribution in [2.45, 2.75) is 67.5 Å². The van der Waals surface area contributed by atoms with Crippen molar-refractivity contribution in [3.05, 3.63) is 36.4 Å². The predicted octanol–water partition coefficient (Wildman–Crippen LogP) is -2.60. The maximum atomic E-state index is 10.8. The highest BCUT2D eigenvalue weighted by atomic mass is 16.7. The van der Waals surface area contributed by atoms with Gasteiger partial charge in [0.05, 0.1) is 27.4 Å². The molecule has 2 aliphatic heterocycles. The van der Waals surface area contributed by atoms with Crippen molar-refractivity contribution in [3.8, 4) is 34.1 Å². The fourth-order valence-electron chi connectivity index (χ4n) is 4.72. The number of benzene rings is 2. The van der Waals surface area contributed by atoms with Crippen LogP contribution >= 0.6 is 0 Å². The Morgan fingerprint density at radius 3 is 1.60 bits per heavy atom. The molecule has 2 heterocycles. The Hall–Kier alpha value is -2.80. The molecule has 0 radical (unpaired) electrons. The van der Waals surface area contributed by atoms with E-state index >= 15 is 0 Å². The lowest BCUT2D eigenvalue weighted by molar-refractivity contribution is -0.319. The third-order valence-corrected chi connectivity index (χ3v) is 7.42. The second-order valence-corrected chi connectivity index (χ2v) is 10.3. The zero-order chi connectivity index (χ0) is 31.0. The van der Waals surface area contributed by atoms with E-state index < -0.39 is 73.7 Å². The average Bonchev–Trinajstić information content (AvgIpc) is 2.98. The van der Waals surface area contributed by atoms with Crippen LogP contribution in [0.15, 0.2) is 36.4 Å². The van der Waals surface area contributed by atoms with Crippen molar-refractivity contribution in [1.29, 1.82) is 0 Å². The molecule has 10 atom stereocenters. The molecule has 0 unspecified atom stereocenters. The Morgan fingerprint density at radius 2 is 1.14 bits per heavy atom. The fraction of sp³-hybridized carbons (Fsp3) is 0.556. The van der Waals surface area contributed by atoms with Crippen molar-refractivity contribution in [1.82, 2.24) is 0 Å². The maximum absolute atomic E-state index is 10.8. The number of aliphatic hydroxyl groups excluding tert-OH is 6. The number of methoxy groups -OCH3 is 2. The number of ether oxygens (including phenoxy) is 6. The molecule has 2 saturated heterocycles. The SMILES string of the molecule is COc1cc(-c2ccc(O[C@H]3O[C@H](CO)[C@@H](O)[C@H](O)[C@]3(N)O)c(OC)c2)ccc1O[C@H]1O[C@H](CO)[C@@H](O)[C@H](O)[C@]1(C)O. The normalized spacial score (nSPS) is 36.8. The van der Waals surface area contributed by atoms with Crippen molar-refractivity contribution in [2.75, 3.05) is 27.4 Å². The molecule has 15 nitrogen and oxygen atoms in total. The quantitative estimate of drug-likeness (QED) is 0.134. The predicted molar refractivity (Wildman–Crippen MR) is 142 cm³/mol. The third kappa shape index (κ3) is 5.86. The van der Waals surface area contributed by atoms with Crippen molar-refractivity contribution in [3.63, 3.8) is 0 Å². The van der Waals surface area contributed by atoms with Crippen LogP contribution in [0.2, 0.25) is 0 Å². The van der Waals surface area contributed by atoms with Crippen molar-refractivity contribution in [2.24, 2.45) is 5.73 Å². The van der Waals surface area contributed by atoms with Crippen molar-refractivity contribution >= 4 is 0 Å². The summed E-state index contributed by atoms with van der Waals surface area (Å²) < 4.78 is 33.3. The Labute approximate surface area is 240 Å². The summed E-state index contributed by atoms with van der Waals surface area (Å²) >= 11 is 0. The number of aliphatic hydroxyl groups is 8. The molecule has 10 N–H and O–H groups in total. The van der Waals surface area contributed by atoms with Gasteiger partial charge in [-0.3, -0.25) is 5.73 Å². The standard InChI is InChI=1S/C27H37NO14/c1-26(35)22(33)20(31)18(10-29)41-24(26)39-14-6-4-12(8-16(14)37-2)13-5-7-15(17(9-13)38-3)40-25-27(28,36)23(34)21(32)19(11-30)42-25/h4-9,18-25,29-36H,10-11,28H2,1-3H3/t18-,19-,20-,21-,22+,23+,24+,25+,26+,27+/m1/s1. The zero-order valence-corrected chi connectivity index (χ0v) is 23.1. The van der Waals surface area contributed by atoms with E-state index in [9.17, 15) is 40.9 Å². The van der Waals surface area contributed by atoms with Gasteiger partial charge in [0.25, 0.3) is 0 Å². The molecule has 0 aliphatic carbocycles. The highest BCUT2D eigenvalue weighted by molar-refractivity contribution is 5.70. The summed E-state index contributed by atoms with van der Waals surface area (Å²) in [7, 11) is 2.76. The van der Waals surface area contributed by atoms with Crippen LogP contribution in [0.1, 0.15) is 6.92 Å². The minimum atomic E-state index is -2.52. The summed E-state index contributed by atoms with van der Waals surface area (Å²) in [6.07, 6.45) is -12.3. The molecule has 0 aromatic heterocycles. The Bertz CT molecular complexity index is 1130. The highest BCUT2D eigenvalue weighted by Crippen LogP contribution is 2.40. The van der Waals surface area contributed by atoms with Crippen LogP contribution < -0.4 is 24.7 Å². The van der Waals surface area contributed by atoms with Gasteiger partial charge in [0.15, 0.2) is 28.6 Å². The molecular weight excluding hydrogens is 562 g/mol. The highest BCUT2D eigenvalue weighted by Gasteiger charge is 2.55. The number of hydrogen-bond acceptors (Lipinski definition) is 15. The van der Waals surface area contributed by atoms with Crippen LogP contribution in [-0.4, -0.2) is 129 Å². The van der Waals surface area contributed by atoms with Gasteiger partial charge in [0.2, 0.25) is 18.3 Å². The molecule has 0 saturated carbocycles. The first-order chi connectivity index (χ1) is 19.8. The molecule has 234 valence electrons. The molecule has 0 amide bonds. The molecule has 2 aliphatic rings. The summed E-state index contributed by atoms with van der Waals surface area (Å²) in [4.78, 5) is 0. The van der Waals surface area contributed by atoms with Gasteiger partial charge in [-0.05, 0) is 42.3 Å². The largest absolute Gasteiger partial charge is 0.493 e. The van der Waals surface area contributed by atoms with E-state index in [1.165, 1.54) is 33.3 Å². The molecule has 15 heteroatoms. The van der Waals surface area contributed by atoms with Crippen LogP contribution in [0, 0.1) is 0 Å². The van der Waals surface area contributed by atoms with E-state index in [0.29, 0.717) is 11.1 Å². The lowest BCUT2D eigenvalue weighted by Crippen LogP contribution is -2.72. The van der Waals surface area contributed by atoms with Gasteiger partial charge < -0.3 is 69.3 Å². The van der Waals surface area contributed by atoms with Gasteiger partial charge in [-0.15, -0.1) is 0 Å².